The predicted octanol–water partition coefficient (Wildman–Crippen LogP) is 3.28. The molecule has 2 aromatic rings. The van der Waals surface area contributed by atoms with Crippen molar-refractivity contribution in [2.24, 2.45) is 21.4 Å². The van der Waals surface area contributed by atoms with Gasteiger partial charge in [0.05, 0.1) is 38.1 Å². The predicted molar refractivity (Wildman–Crippen MR) is 132 cm³/mol. The molecule has 3 rings (SSSR count). The fourth-order valence-corrected chi connectivity index (χ4v) is 3.40. The van der Waals surface area contributed by atoms with E-state index in [1.54, 1.807) is 18.6 Å². The normalized spacial score (nSPS) is 17.7. The molecule has 8 heteroatoms. The van der Waals surface area contributed by atoms with E-state index in [0.29, 0.717) is 30.2 Å². The van der Waals surface area contributed by atoms with Crippen LogP contribution >= 0.6 is 0 Å². The highest BCUT2D eigenvalue weighted by Gasteiger charge is 2.31. The molecule has 0 aromatic carbocycles. The second-order valence-corrected chi connectivity index (χ2v) is 8.92. The van der Waals surface area contributed by atoms with Crippen molar-refractivity contribution < 1.29 is 9.47 Å². The van der Waals surface area contributed by atoms with Crippen LogP contribution in [0.5, 0.6) is 5.75 Å². The summed E-state index contributed by atoms with van der Waals surface area (Å²) in [5, 5.41) is 7.04. The van der Waals surface area contributed by atoms with Gasteiger partial charge in [-0.05, 0) is 43.9 Å². The van der Waals surface area contributed by atoms with Crippen LogP contribution in [-0.4, -0.2) is 53.8 Å². The number of rotatable bonds is 8. The number of aromatic nitrogens is 2. The van der Waals surface area contributed by atoms with Crippen LogP contribution in [0.4, 0.5) is 5.82 Å². The number of nitrogens with zero attached hydrogens (tertiary/aromatic N) is 4. The van der Waals surface area contributed by atoms with Crippen molar-refractivity contribution in [1.82, 2.24) is 9.97 Å². The SMILES string of the molecule is CC(C)Oc1cc(C#CCNc2ccccn2)cnc1/C(C=NCC1CC(C)(C)CO1)=N/N. The van der Waals surface area contributed by atoms with Crippen LogP contribution in [0, 0.1) is 17.3 Å². The third-order valence-electron chi connectivity index (χ3n) is 4.87. The summed E-state index contributed by atoms with van der Waals surface area (Å²) in [4.78, 5) is 13.2. The maximum Gasteiger partial charge on any atom is 0.148 e. The lowest BCUT2D eigenvalue weighted by Crippen LogP contribution is -2.16. The molecule has 3 heterocycles. The monoisotopic (exact) mass is 448 g/mol. The van der Waals surface area contributed by atoms with Crippen molar-refractivity contribution in [2.75, 3.05) is 25.0 Å². The molecule has 0 aliphatic carbocycles. The molecular formula is C25H32N6O2. The van der Waals surface area contributed by atoms with Gasteiger partial charge in [0, 0.05) is 18.0 Å². The number of pyridine rings is 2. The smallest absolute Gasteiger partial charge is 0.148 e. The number of hydrazone groups is 1. The molecule has 1 atom stereocenters. The molecule has 0 spiro atoms. The van der Waals surface area contributed by atoms with E-state index in [2.05, 4.69) is 51.1 Å². The molecule has 0 bridgehead atoms. The zero-order valence-corrected chi connectivity index (χ0v) is 19.7. The van der Waals surface area contributed by atoms with E-state index in [9.17, 15) is 0 Å². The molecule has 1 fully saturated rings. The van der Waals surface area contributed by atoms with Crippen LogP contribution in [0.1, 0.15) is 45.4 Å². The van der Waals surface area contributed by atoms with Crippen LogP contribution < -0.4 is 15.9 Å². The van der Waals surface area contributed by atoms with E-state index in [4.69, 9.17) is 15.3 Å². The number of nitrogens with two attached hydrogens (primary N) is 1. The second kappa shape index (κ2) is 11.4. The van der Waals surface area contributed by atoms with Crippen molar-refractivity contribution in [3.05, 3.63) is 47.9 Å². The van der Waals surface area contributed by atoms with Gasteiger partial charge >= 0.3 is 0 Å². The number of nitrogens with one attached hydrogen (secondary N) is 1. The largest absolute Gasteiger partial charge is 0.489 e. The Hall–Kier alpha value is -3.44. The Morgan fingerprint density at radius 2 is 2.24 bits per heavy atom. The van der Waals surface area contributed by atoms with Crippen LogP contribution in [-0.2, 0) is 4.74 Å². The second-order valence-electron chi connectivity index (χ2n) is 8.92. The fourth-order valence-electron chi connectivity index (χ4n) is 3.40. The Balaban J connectivity index is 1.70. The summed E-state index contributed by atoms with van der Waals surface area (Å²) in [6, 6.07) is 7.52. The fraction of sp³-hybridized carbons (Fsp3) is 0.440. The first kappa shape index (κ1) is 24.2. The van der Waals surface area contributed by atoms with Gasteiger partial charge < -0.3 is 20.6 Å². The van der Waals surface area contributed by atoms with Crippen molar-refractivity contribution in [2.45, 2.75) is 46.3 Å². The zero-order valence-electron chi connectivity index (χ0n) is 19.7. The Morgan fingerprint density at radius 1 is 1.39 bits per heavy atom. The minimum Gasteiger partial charge on any atom is -0.489 e. The first-order valence-corrected chi connectivity index (χ1v) is 11.1. The van der Waals surface area contributed by atoms with Crippen molar-refractivity contribution in [3.8, 4) is 17.6 Å². The molecule has 1 saturated heterocycles. The van der Waals surface area contributed by atoms with Gasteiger partial charge in [0.25, 0.3) is 0 Å². The molecule has 174 valence electrons. The number of anilines is 1. The van der Waals surface area contributed by atoms with E-state index in [0.717, 1.165) is 24.4 Å². The maximum atomic E-state index is 5.97. The first-order valence-electron chi connectivity index (χ1n) is 11.1. The minimum atomic E-state index is -0.0512. The number of aliphatic imine (C=N–C) groups is 1. The lowest BCUT2D eigenvalue weighted by molar-refractivity contribution is 0.105. The Morgan fingerprint density at radius 3 is 2.91 bits per heavy atom. The summed E-state index contributed by atoms with van der Waals surface area (Å²) in [6.45, 7) is 10.1. The summed E-state index contributed by atoms with van der Waals surface area (Å²) in [6.07, 6.45) is 6.07. The number of hydrogen-bond acceptors (Lipinski definition) is 8. The van der Waals surface area contributed by atoms with Crippen LogP contribution in [0.3, 0.4) is 0 Å². The Bertz CT molecular complexity index is 1040. The highest BCUT2D eigenvalue weighted by Crippen LogP contribution is 2.31. The van der Waals surface area contributed by atoms with Gasteiger partial charge in [-0.2, -0.15) is 5.10 Å². The molecule has 33 heavy (non-hydrogen) atoms. The summed E-state index contributed by atoms with van der Waals surface area (Å²) in [7, 11) is 0. The van der Waals surface area contributed by atoms with Gasteiger partial charge in [-0.3, -0.25) is 4.99 Å². The maximum absolute atomic E-state index is 5.97. The standard InChI is InChI=1S/C25H32N6O2/c1-18(2)33-22-12-19(8-7-11-29-23-9-5-6-10-28-23)14-30-24(22)21(31-26)16-27-15-20-13-25(3,4)17-32-20/h5-6,9-10,12,14,16,18,20H,11,13,15,17,26H2,1-4H3,(H,28,29)/b27-16?,31-21+. The van der Waals surface area contributed by atoms with Gasteiger partial charge in [-0.25, -0.2) is 9.97 Å². The highest BCUT2D eigenvalue weighted by atomic mass is 16.5. The van der Waals surface area contributed by atoms with E-state index in [1.165, 1.54) is 0 Å². The van der Waals surface area contributed by atoms with Crippen molar-refractivity contribution >= 4 is 17.7 Å². The van der Waals surface area contributed by atoms with Gasteiger partial charge in [0.1, 0.15) is 23.0 Å². The van der Waals surface area contributed by atoms with Crippen LogP contribution in [0.2, 0.25) is 0 Å². The van der Waals surface area contributed by atoms with Crippen LogP contribution in [0.25, 0.3) is 0 Å². The Kier molecular flexibility index (Phi) is 8.39. The van der Waals surface area contributed by atoms with E-state index >= 15 is 0 Å². The zero-order chi connectivity index (χ0) is 23.7. The third kappa shape index (κ3) is 7.58. The van der Waals surface area contributed by atoms with Gasteiger partial charge in [-0.15, -0.1) is 0 Å². The summed E-state index contributed by atoms with van der Waals surface area (Å²) >= 11 is 0. The van der Waals surface area contributed by atoms with E-state index < -0.39 is 0 Å². The highest BCUT2D eigenvalue weighted by molar-refractivity contribution is 6.38. The molecule has 0 radical (unpaired) electrons. The molecule has 1 unspecified atom stereocenters. The number of hydrogen-bond donors (Lipinski definition) is 2. The molecule has 0 amide bonds. The lowest BCUT2D eigenvalue weighted by Gasteiger charge is -2.14. The molecule has 3 N–H and O–H groups in total. The molecule has 1 aliphatic rings. The van der Waals surface area contributed by atoms with Crippen molar-refractivity contribution in [1.29, 1.82) is 0 Å². The van der Waals surface area contributed by atoms with Gasteiger partial charge in [0.2, 0.25) is 0 Å². The van der Waals surface area contributed by atoms with Gasteiger partial charge in [-0.1, -0.05) is 31.8 Å². The molecule has 2 aromatic heterocycles. The van der Waals surface area contributed by atoms with E-state index in [1.807, 2.05) is 38.1 Å². The van der Waals surface area contributed by atoms with E-state index in [-0.39, 0.29) is 17.6 Å². The Labute approximate surface area is 195 Å². The first-order chi connectivity index (χ1) is 15.9. The average Bonchev–Trinajstić information content (AvgIpc) is 3.14. The molecular weight excluding hydrogens is 416 g/mol. The van der Waals surface area contributed by atoms with Gasteiger partial charge in [0.15, 0.2) is 0 Å². The third-order valence-corrected chi connectivity index (χ3v) is 4.87. The number of ether oxygens (including phenoxy) is 2. The molecule has 0 saturated carbocycles. The summed E-state index contributed by atoms with van der Waals surface area (Å²) in [5.41, 5.74) is 1.89. The summed E-state index contributed by atoms with van der Waals surface area (Å²) in [5.74, 6) is 13.2. The summed E-state index contributed by atoms with van der Waals surface area (Å²) < 4.78 is 11.8. The molecule has 1 aliphatic heterocycles. The minimum absolute atomic E-state index is 0.0512. The molecule has 8 nitrogen and oxygen atoms in total. The van der Waals surface area contributed by atoms with Crippen LogP contribution in [0.15, 0.2) is 46.8 Å². The quantitative estimate of drug-likeness (QED) is 0.278. The topological polar surface area (TPSA) is 107 Å². The van der Waals surface area contributed by atoms with Crippen molar-refractivity contribution in [3.63, 3.8) is 0 Å². The average molecular weight is 449 g/mol. The lowest BCUT2D eigenvalue weighted by atomic mass is 9.91.